The molecule has 0 aliphatic carbocycles. The number of amides is 1. The summed E-state index contributed by atoms with van der Waals surface area (Å²) in [6.45, 7) is 6.37. The van der Waals surface area contributed by atoms with Crippen molar-refractivity contribution >= 4 is 46.7 Å². The first kappa shape index (κ1) is 23.9. The lowest BCUT2D eigenvalue weighted by atomic mass is 10.0. The first-order valence-corrected chi connectivity index (χ1v) is 12.1. The van der Waals surface area contributed by atoms with Gasteiger partial charge in [0.05, 0.1) is 17.3 Å². The second-order valence-corrected chi connectivity index (χ2v) is 9.42. The number of benzene rings is 2. The fraction of sp³-hybridized carbons (Fsp3) is 0.308. The second kappa shape index (κ2) is 9.66. The van der Waals surface area contributed by atoms with Gasteiger partial charge in [0.25, 0.3) is 6.02 Å². The molecule has 0 spiro atoms. The van der Waals surface area contributed by atoms with E-state index in [4.69, 9.17) is 21.3 Å². The van der Waals surface area contributed by atoms with Gasteiger partial charge in [0.15, 0.2) is 5.84 Å². The molecule has 1 unspecified atom stereocenters. The zero-order valence-electron chi connectivity index (χ0n) is 20.0. The predicted octanol–water partition coefficient (Wildman–Crippen LogP) is 3.48. The summed E-state index contributed by atoms with van der Waals surface area (Å²) in [7, 11) is 0. The normalized spacial score (nSPS) is 19.4. The molecule has 3 heterocycles. The van der Waals surface area contributed by atoms with Crippen LogP contribution >= 0.6 is 11.6 Å². The number of carbonyl (C=O) groups is 2. The number of halogens is 1. The van der Waals surface area contributed by atoms with Gasteiger partial charge in [-0.1, -0.05) is 29.8 Å². The number of aromatic carboxylic acids is 1. The van der Waals surface area contributed by atoms with Crippen LogP contribution in [0.25, 0.3) is 5.70 Å². The fourth-order valence-electron chi connectivity index (χ4n) is 4.51. The number of hydrogen-bond donors (Lipinski definition) is 2. The van der Waals surface area contributed by atoms with Crippen molar-refractivity contribution in [1.29, 1.82) is 0 Å². The number of fused-ring (bicyclic) bond motifs is 1. The van der Waals surface area contributed by atoms with Crippen LogP contribution in [0.2, 0.25) is 0 Å². The molecular formula is C26H26ClN5O4. The van der Waals surface area contributed by atoms with Crippen LogP contribution in [-0.4, -0.2) is 66.0 Å². The van der Waals surface area contributed by atoms with Gasteiger partial charge in [-0.25, -0.2) is 9.79 Å². The Labute approximate surface area is 213 Å². The fourth-order valence-corrected chi connectivity index (χ4v) is 4.82. The number of rotatable bonds is 4. The van der Waals surface area contributed by atoms with Crippen molar-refractivity contribution in [2.75, 3.05) is 31.1 Å². The van der Waals surface area contributed by atoms with Gasteiger partial charge in [-0.2, -0.15) is 4.99 Å². The molecular weight excluding hydrogens is 482 g/mol. The maximum absolute atomic E-state index is 11.6. The highest BCUT2D eigenvalue weighted by Gasteiger charge is 2.32. The van der Waals surface area contributed by atoms with Crippen molar-refractivity contribution < 1.29 is 19.4 Å². The summed E-state index contributed by atoms with van der Waals surface area (Å²) < 4.78 is 5.80. The summed E-state index contributed by atoms with van der Waals surface area (Å²) in [6.07, 6.45) is 0.509. The minimum Gasteiger partial charge on any atom is -0.478 e. The number of anilines is 1. The molecule has 1 fully saturated rings. The van der Waals surface area contributed by atoms with E-state index in [1.165, 1.54) is 6.07 Å². The summed E-state index contributed by atoms with van der Waals surface area (Å²) in [5.41, 5.74) is 3.49. The number of hydrogen-bond acceptors (Lipinski definition) is 7. The van der Waals surface area contributed by atoms with Crippen molar-refractivity contribution in [1.82, 2.24) is 10.2 Å². The molecule has 1 saturated heterocycles. The number of ether oxygens (including phenoxy) is 1. The average molecular weight is 508 g/mol. The number of carboxylic acids is 1. The van der Waals surface area contributed by atoms with Gasteiger partial charge in [0.1, 0.15) is 5.75 Å². The van der Waals surface area contributed by atoms with E-state index in [0.717, 1.165) is 37.4 Å². The third-order valence-corrected chi connectivity index (χ3v) is 6.91. The van der Waals surface area contributed by atoms with Crippen molar-refractivity contribution in [2.45, 2.75) is 26.3 Å². The molecule has 0 radical (unpaired) electrons. The van der Waals surface area contributed by atoms with E-state index in [1.807, 2.05) is 29.2 Å². The summed E-state index contributed by atoms with van der Waals surface area (Å²) in [4.78, 5) is 36.3. The summed E-state index contributed by atoms with van der Waals surface area (Å²) in [5, 5.41) is 13.1. The molecule has 0 bridgehead atoms. The number of aryl methyl sites for hydroxylation is 1. The molecule has 1 atom stereocenters. The number of aliphatic imine (C=N–C) groups is 2. The van der Waals surface area contributed by atoms with Crippen LogP contribution in [0.15, 0.2) is 57.5 Å². The Morgan fingerprint density at radius 1 is 1.08 bits per heavy atom. The van der Waals surface area contributed by atoms with Gasteiger partial charge in [0.2, 0.25) is 5.91 Å². The van der Waals surface area contributed by atoms with Crippen molar-refractivity contribution in [2.24, 2.45) is 9.98 Å². The Kier molecular flexibility index (Phi) is 6.40. The molecule has 10 heteroatoms. The van der Waals surface area contributed by atoms with E-state index in [2.05, 4.69) is 15.2 Å². The van der Waals surface area contributed by atoms with Crippen molar-refractivity contribution in [3.63, 3.8) is 0 Å². The number of amidine groups is 2. The molecule has 5 rings (SSSR count). The lowest BCUT2D eigenvalue weighted by Gasteiger charge is -2.35. The first-order chi connectivity index (χ1) is 17.3. The zero-order chi connectivity index (χ0) is 25.4. The molecule has 3 aliphatic heterocycles. The smallest absolute Gasteiger partial charge is 0.336 e. The van der Waals surface area contributed by atoms with Gasteiger partial charge in [0, 0.05) is 55.8 Å². The van der Waals surface area contributed by atoms with Crippen LogP contribution < -0.4 is 15.0 Å². The summed E-state index contributed by atoms with van der Waals surface area (Å²) in [5.74, 6) is 0.0481. The number of piperazine rings is 1. The Hall–Kier alpha value is -3.85. The Bertz CT molecular complexity index is 1310. The van der Waals surface area contributed by atoms with E-state index in [0.29, 0.717) is 34.3 Å². The lowest BCUT2D eigenvalue weighted by molar-refractivity contribution is -0.129. The molecule has 186 valence electrons. The topological polar surface area (TPSA) is 107 Å². The molecule has 2 aromatic carbocycles. The predicted molar refractivity (Wildman–Crippen MR) is 139 cm³/mol. The van der Waals surface area contributed by atoms with E-state index in [-0.39, 0.29) is 23.5 Å². The maximum Gasteiger partial charge on any atom is 0.336 e. The number of carbonyl (C=O) groups excluding carboxylic acids is 1. The number of carboxylic acid groups (broad SMARTS) is 1. The van der Waals surface area contributed by atoms with Gasteiger partial charge in [-0.15, -0.1) is 0 Å². The highest BCUT2D eigenvalue weighted by Crippen LogP contribution is 2.33. The van der Waals surface area contributed by atoms with Crippen LogP contribution in [-0.2, 0) is 4.79 Å². The Morgan fingerprint density at radius 3 is 2.47 bits per heavy atom. The average Bonchev–Trinajstić information content (AvgIpc) is 3.25. The van der Waals surface area contributed by atoms with E-state index < -0.39 is 5.97 Å². The van der Waals surface area contributed by atoms with E-state index in [9.17, 15) is 14.7 Å². The second-order valence-electron chi connectivity index (χ2n) is 8.97. The SMILES string of the molecule is CC(=O)N1CCN(c2ccc(C3=C(Cl)CC4NC(Oc5ccc(C)c(C(=O)O)c5)=NC4=N3)cc2)CC1. The summed E-state index contributed by atoms with van der Waals surface area (Å²) >= 11 is 6.63. The van der Waals surface area contributed by atoms with Gasteiger partial charge < -0.3 is 25.0 Å². The van der Waals surface area contributed by atoms with Gasteiger partial charge in [-0.3, -0.25) is 4.79 Å². The minimum atomic E-state index is -1.01. The molecule has 3 aliphatic rings. The Morgan fingerprint density at radius 2 is 1.81 bits per heavy atom. The minimum absolute atomic E-state index is 0.114. The number of nitrogens with one attached hydrogen (secondary N) is 1. The van der Waals surface area contributed by atoms with E-state index >= 15 is 0 Å². The first-order valence-electron chi connectivity index (χ1n) is 11.7. The van der Waals surface area contributed by atoms with Gasteiger partial charge in [-0.05, 0) is 36.8 Å². The van der Waals surface area contributed by atoms with Crippen LogP contribution in [0.4, 0.5) is 5.69 Å². The molecule has 1 amide bonds. The number of nitrogens with zero attached hydrogens (tertiary/aromatic N) is 4. The zero-order valence-corrected chi connectivity index (χ0v) is 20.7. The van der Waals surface area contributed by atoms with E-state index in [1.54, 1.807) is 26.0 Å². The standard InChI is InChI=1S/C26H26ClN5O4/c1-15-3-8-19(13-20(15)25(34)35)36-26-28-22-14-21(27)23(29-24(22)30-26)17-4-6-18(7-5-17)32-11-9-31(10-12-32)16(2)33/h3-8,13,22H,9-12,14H2,1-2H3,(H,34,35)(H,28,29,30). The molecule has 2 N–H and O–H groups in total. The highest BCUT2D eigenvalue weighted by atomic mass is 35.5. The molecule has 36 heavy (non-hydrogen) atoms. The third kappa shape index (κ3) is 4.79. The lowest BCUT2D eigenvalue weighted by Crippen LogP contribution is -2.48. The largest absolute Gasteiger partial charge is 0.478 e. The highest BCUT2D eigenvalue weighted by molar-refractivity contribution is 6.33. The maximum atomic E-state index is 11.6. The van der Waals surface area contributed by atoms with Crippen LogP contribution in [0.5, 0.6) is 5.75 Å². The van der Waals surface area contributed by atoms with Crippen LogP contribution in [0, 0.1) is 6.92 Å². The van der Waals surface area contributed by atoms with Crippen LogP contribution in [0.1, 0.15) is 34.8 Å². The monoisotopic (exact) mass is 507 g/mol. The third-order valence-electron chi connectivity index (χ3n) is 6.58. The Balaban J connectivity index is 1.30. The quantitative estimate of drug-likeness (QED) is 0.656. The summed E-state index contributed by atoms with van der Waals surface area (Å²) in [6, 6.07) is 13.0. The van der Waals surface area contributed by atoms with Crippen molar-refractivity contribution in [3.8, 4) is 5.75 Å². The molecule has 0 aromatic heterocycles. The van der Waals surface area contributed by atoms with Crippen LogP contribution in [0.3, 0.4) is 0 Å². The molecule has 9 nitrogen and oxygen atoms in total. The van der Waals surface area contributed by atoms with Gasteiger partial charge >= 0.3 is 5.97 Å². The van der Waals surface area contributed by atoms with Crippen molar-refractivity contribution in [3.05, 3.63) is 64.2 Å². The molecule has 2 aromatic rings. The molecule has 0 saturated carbocycles.